The molecule has 0 amide bonds. The Morgan fingerprint density at radius 2 is 2.13 bits per heavy atom. The molecule has 1 saturated heterocycles. The fourth-order valence-electron chi connectivity index (χ4n) is 1.99. The largest absolute Gasteiger partial charge is 0.381 e. The van der Waals surface area contributed by atoms with Crippen molar-refractivity contribution in [2.75, 3.05) is 40.9 Å². The van der Waals surface area contributed by atoms with Crippen LogP contribution in [0, 0.1) is 5.92 Å². The molecule has 0 bridgehead atoms. The van der Waals surface area contributed by atoms with Crippen LogP contribution in [0.15, 0.2) is 4.99 Å². The minimum absolute atomic E-state index is 0.830. The summed E-state index contributed by atoms with van der Waals surface area (Å²) in [5, 5.41) is 3.09. The van der Waals surface area contributed by atoms with E-state index in [4.69, 9.17) is 4.74 Å². The molecule has 4 nitrogen and oxygen atoms in total. The summed E-state index contributed by atoms with van der Waals surface area (Å²) in [6.07, 6.45) is 3.67. The summed E-state index contributed by atoms with van der Waals surface area (Å²) in [4.78, 5) is 6.35. The van der Waals surface area contributed by atoms with Gasteiger partial charge in [-0.05, 0) is 25.2 Å². The second kappa shape index (κ2) is 6.67. The molecule has 1 aliphatic heterocycles. The Kier molecular flexibility index (Phi) is 5.47. The maximum atomic E-state index is 5.35. The van der Waals surface area contributed by atoms with Crippen molar-refractivity contribution in [1.29, 1.82) is 0 Å². The van der Waals surface area contributed by atoms with Crippen molar-refractivity contribution in [1.82, 2.24) is 10.2 Å². The Labute approximate surface area is 92.7 Å². The smallest absolute Gasteiger partial charge is 0.193 e. The van der Waals surface area contributed by atoms with Crippen molar-refractivity contribution in [2.45, 2.75) is 19.3 Å². The predicted octanol–water partition coefficient (Wildman–Crippen LogP) is 0.940. The van der Waals surface area contributed by atoms with Crippen LogP contribution in [0.2, 0.25) is 0 Å². The van der Waals surface area contributed by atoms with Crippen molar-refractivity contribution in [3.63, 3.8) is 0 Å². The van der Waals surface area contributed by atoms with E-state index in [1.165, 1.54) is 19.3 Å². The minimum atomic E-state index is 0.830. The van der Waals surface area contributed by atoms with Gasteiger partial charge in [0.25, 0.3) is 0 Å². The number of rotatable bonds is 3. The number of nitrogens with zero attached hydrogens (tertiary/aromatic N) is 2. The van der Waals surface area contributed by atoms with Gasteiger partial charge < -0.3 is 15.0 Å². The number of aliphatic imine (C=N–C) groups is 1. The van der Waals surface area contributed by atoms with Crippen LogP contribution in [-0.2, 0) is 4.74 Å². The monoisotopic (exact) mass is 213 g/mol. The van der Waals surface area contributed by atoms with E-state index in [0.29, 0.717) is 0 Å². The third kappa shape index (κ3) is 4.08. The topological polar surface area (TPSA) is 36.9 Å². The molecule has 0 aromatic rings. The lowest BCUT2D eigenvalue weighted by Crippen LogP contribution is -2.38. The zero-order chi connectivity index (χ0) is 11.1. The summed E-state index contributed by atoms with van der Waals surface area (Å²) in [5.41, 5.74) is 0. The molecule has 88 valence electrons. The van der Waals surface area contributed by atoms with E-state index < -0.39 is 0 Å². The summed E-state index contributed by atoms with van der Waals surface area (Å²) in [6, 6.07) is 0. The summed E-state index contributed by atoms with van der Waals surface area (Å²) in [5.74, 6) is 1.79. The summed E-state index contributed by atoms with van der Waals surface area (Å²) < 4.78 is 5.35. The van der Waals surface area contributed by atoms with E-state index >= 15 is 0 Å². The molecule has 0 radical (unpaired) electrons. The Morgan fingerprint density at radius 1 is 1.47 bits per heavy atom. The van der Waals surface area contributed by atoms with Gasteiger partial charge in [0.05, 0.1) is 0 Å². The molecule has 1 heterocycles. The van der Waals surface area contributed by atoms with Gasteiger partial charge in [0, 0.05) is 40.9 Å². The predicted molar refractivity (Wildman–Crippen MR) is 63.2 cm³/mol. The molecule has 1 N–H and O–H groups in total. The van der Waals surface area contributed by atoms with Gasteiger partial charge in [-0.25, -0.2) is 0 Å². The Morgan fingerprint density at radius 3 is 2.67 bits per heavy atom. The van der Waals surface area contributed by atoms with Crippen LogP contribution in [0.3, 0.4) is 0 Å². The van der Waals surface area contributed by atoms with Crippen LogP contribution in [0.4, 0.5) is 0 Å². The molecule has 0 saturated carbocycles. The highest BCUT2D eigenvalue weighted by atomic mass is 16.5. The zero-order valence-electron chi connectivity index (χ0n) is 10.1. The van der Waals surface area contributed by atoms with Gasteiger partial charge in [0.15, 0.2) is 5.96 Å². The average molecular weight is 213 g/mol. The average Bonchev–Trinajstić information content (AvgIpc) is 2.29. The van der Waals surface area contributed by atoms with Crippen LogP contribution < -0.4 is 5.32 Å². The summed E-state index contributed by atoms with van der Waals surface area (Å²) >= 11 is 0. The van der Waals surface area contributed by atoms with Gasteiger partial charge in [-0.1, -0.05) is 0 Å². The van der Waals surface area contributed by atoms with E-state index in [-0.39, 0.29) is 0 Å². The van der Waals surface area contributed by atoms with Crippen molar-refractivity contribution in [2.24, 2.45) is 10.9 Å². The van der Waals surface area contributed by atoms with Crippen LogP contribution in [0.1, 0.15) is 19.3 Å². The highest BCUT2D eigenvalue weighted by Crippen LogP contribution is 2.18. The fraction of sp³-hybridized carbons (Fsp3) is 0.909. The summed E-state index contributed by atoms with van der Waals surface area (Å²) in [6.45, 7) is 2.95. The van der Waals surface area contributed by atoms with Gasteiger partial charge in [-0.15, -0.1) is 0 Å². The molecule has 4 heteroatoms. The first kappa shape index (κ1) is 12.3. The number of hydrogen-bond acceptors (Lipinski definition) is 2. The normalized spacial score (nSPS) is 19.0. The Hall–Kier alpha value is -0.770. The molecule has 0 aromatic heterocycles. The maximum Gasteiger partial charge on any atom is 0.193 e. The van der Waals surface area contributed by atoms with Crippen molar-refractivity contribution >= 4 is 5.96 Å². The van der Waals surface area contributed by atoms with Crippen molar-refractivity contribution in [3.8, 4) is 0 Å². The van der Waals surface area contributed by atoms with Crippen LogP contribution >= 0.6 is 0 Å². The van der Waals surface area contributed by atoms with Gasteiger partial charge in [0.2, 0.25) is 0 Å². The first-order valence-corrected chi connectivity index (χ1v) is 5.71. The minimum Gasteiger partial charge on any atom is -0.381 e. The van der Waals surface area contributed by atoms with Crippen molar-refractivity contribution in [3.05, 3.63) is 0 Å². The highest BCUT2D eigenvalue weighted by Gasteiger charge is 2.14. The molecule has 0 aromatic carbocycles. The first-order valence-electron chi connectivity index (χ1n) is 5.71. The molecule has 15 heavy (non-hydrogen) atoms. The molecule has 1 fully saturated rings. The van der Waals surface area contributed by atoms with Gasteiger partial charge >= 0.3 is 0 Å². The fourth-order valence-corrected chi connectivity index (χ4v) is 1.99. The van der Waals surface area contributed by atoms with Crippen LogP contribution in [-0.4, -0.2) is 51.8 Å². The lowest BCUT2D eigenvalue weighted by atomic mass is 9.96. The Balaban J connectivity index is 2.23. The third-order valence-corrected chi connectivity index (χ3v) is 3.01. The zero-order valence-corrected chi connectivity index (χ0v) is 10.1. The standard InChI is InChI=1S/C11H23N3O/c1-12-11(13-2)14(3)7-4-10-5-8-15-9-6-10/h10H,4-9H2,1-3H3,(H,12,13). The second-order valence-corrected chi connectivity index (χ2v) is 4.06. The lowest BCUT2D eigenvalue weighted by molar-refractivity contribution is 0.0625. The van der Waals surface area contributed by atoms with E-state index in [9.17, 15) is 0 Å². The van der Waals surface area contributed by atoms with Gasteiger partial charge in [-0.3, -0.25) is 4.99 Å². The van der Waals surface area contributed by atoms with E-state index in [1.54, 1.807) is 0 Å². The van der Waals surface area contributed by atoms with Gasteiger partial charge in [0.1, 0.15) is 0 Å². The molecule has 1 aliphatic rings. The molecular formula is C11H23N3O. The quantitative estimate of drug-likeness (QED) is 0.560. The van der Waals surface area contributed by atoms with Gasteiger partial charge in [-0.2, -0.15) is 0 Å². The molecule has 0 spiro atoms. The summed E-state index contributed by atoms with van der Waals surface area (Å²) in [7, 11) is 5.81. The molecule has 0 unspecified atom stereocenters. The number of hydrogen-bond donors (Lipinski definition) is 1. The molecular weight excluding hydrogens is 190 g/mol. The lowest BCUT2D eigenvalue weighted by Gasteiger charge is -2.26. The van der Waals surface area contributed by atoms with E-state index in [0.717, 1.165) is 31.6 Å². The number of nitrogens with one attached hydrogen (secondary N) is 1. The number of ether oxygens (including phenoxy) is 1. The first-order chi connectivity index (χ1) is 7.27. The molecule has 1 rings (SSSR count). The highest BCUT2D eigenvalue weighted by molar-refractivity contribution is 5.79. The van der Waals surface area contributed by atoms with E-state index in [2.05, 4.69) is 22.3 Å². The van der Waals surface area contributed by atoms with E-state index in [1.807, 2.05) is 14.1 Å². The van der Waals surface area contributed by atoms with Crippen LogP contribution in [0.5, 0.6) is 0 Å². The molecule has 0 atom stereocenters. The maximum absolute atomic E-state index is 5.35. The number of guanidine groups is 1. The Bertz CT molecular complexity index is 200. The second-order valence-electron chi connectivity index (χ2n) is 4.06. The third-order valence-electron chi connectivity index (χ3n) is 3.01. The van der Waals surface area contributed by atoms with Crippen LogP contribution in [0.25, 0.3) is 0 Å². The van der Waals surface area contributed by atoms with Crippen molar-refractivity contribution < 1.29 is 4.74 Å². The SMILES string of the molecule is CN=C(NC)N(C)CCC1CCOCC1. The molecule has 0 aliphatic carbocycles.